The number of aliphatic hydroxyl groups is 1. The molecule has 26 heavy (non-hydrogen) atoms. The third kappa shape index (κ3) is 3.30. The van der Waals surface area contributed by atoms with Crippen molar-refractivity contribution in [1.82, 2.24) is 14.5 Å². The van der Waals surface area contributed by atoms with Crippen LogP contribution in [-0.4, -0.2) is 45.8 Å². The second-order valence-electron chi connectivity index (χ2n) is 6.59. The number of fused-ring (bicyclic) bond motifs is 1. The Morgan fingerprint density at radius 2 is 1.96 bits per heavy atom. The van der Waals surface area contributed by atoms with Crippen LogP contribution in [0.5, 0.6) is 0 Å². The lowest BCUT2D eigenvalue weighted by molar-refractivity contribution is 0.148. The highest BCUT2D eigenvalue weighted by atomic mass is 32.1. The Hall–Kier alpha value is -2.09. The third-order valence-corrected chi connectivity index (χ3v) is 6.12. The Morgan fingerprint density at radius 3 is 2.65 bits per heavy atom. The largest absolute Gasteiger partial charge is 0.395 e. The first kappa shape index (κ1) is 17.3. The Balaban J connectivity index is 1.63. The molecule has 3 heterocycles. The minimum Gasteiger partial charge on any atom is -0.395 e. The summed E-state index contributed by atoms with van der Waals surface area (Å²) < 4.78 is 15.5. The van der Waals surface area contributed by atoms with Crippen LogP contribution in [0.25, 0.3) is 20.7 Å². The van der Waals surface area contributed by atoms with Gasteiger partial charge in [0.2, 0.25) is 0 Å². The molecule has 1 saturated heterocycles. The number of benzene rings is 1. The van der Waals surface area contributed by atoms with Crippen molar-refractivity contribution in [2.45, 2.75) is 18.9 Å². The number of aliphatic hydroxyl groups excluding tert-OH is 1. The van der Waals surface area contributed by atoms with Crippen LogP contribution >= 0.6 is 11.3 Å². The van der Waals surface area contributed by atoms with Crippen LogP contribution in [0.4, 0.5) is 4.39 Å². The summed E-state index contributed by atoms with van der Waals surface area (Å²) in [4.78, 5) is 20.6. The summed E-state index contributed by atoms with van der Waals surface area (Å²) in [7, 11) is 0. The number of halogens is 1. The van der Waals surface area contributed by atoms with Crippen LogP contribution in [0.2, 0.25) is 0 Å². The predicted molar refractivity (Wildman–Crippen MR) is 101 cm³/mol. The predicted octanol–water partition coefficient (Wildman–Crippen LogP) is 2.89. The van der Waals surface area contributed by atoms with Crippen LogP contribution in [0.3, 0.4) is 0 Å². The first-order valence-electron chi connectivity index (χ1n) is 8.75. The van der Waals surface area contributed by atoms with Crippen molar-refractivity contribution in [3.63, 3.8) is 0 Å². The van der Waals surface area contributed by atoms with Crippen molar-refractivity contribution in [1.29, 1.82) is 0 Å². The molecule has 0 atom stereocenters. The molecule has 1 aromatic carbocycles. The molecule has 0 saturated carbocycles. The van der Waals surface area contributed by atoms with Gasteiger partial charge in [0.05, 0.1) is 18.5 Å². The zero-order valence-electron chi connectivity index (χ0n) is 14.3. The van der Waals surface area contributed by atoms with Crippen molar-refractivity contribution >= 4 is 21.6 Å². The fraction of sp³-hybridized carbons (Fsp3) is 0.368. The number of rotatable bonds is 4. The zero-order valence-corrected chi connectivity index (χ0v) is 15.1. The van der Waals surface area contributed by atoms with E-state index < -0.39 is 0 Å². The first-order chi connectivity index (χ1) is 12.7. The van der Waals surface area contributed by atoms with Gasteiger partial charge in [0, 0.05) is 30.6 Å². The van der Waals surface area contributed by atoms with E-state index in [0.717, 1.165) is 36.4 Å². The molecule has 2 aromatic heterocycles. The lowest BCUT2D eigenvalue weighted by Crippen LogP contribution is -2.38. The Kier molecular flexibility index (Phi) is 4.84. The van der Waals surface area contributed by atoms with E-state index in [2.05, 4.69) is 9.88 Å². The van der Waals surface area contributed by atoms with Crippen LogP contribution < -0.4 is 5.56 Å². The van der Waals surface area contributed by atoms with E-state index in [4.69, 9.17) is 5.11 Å². The topological polar surface area (TPSA) is 58.4 Å². The SMILES string of the molecule is O=c1c2sc(-c3ccc(F)cc3)cc2ncn1C1CCN(CCO)CC1. The first-order valence-corrected chi connectivity index (χ1v) is 9.57. The van der Waals surface area contributed by atoms with E-state index in [9.17, 15) is 9.18 Å². The van der Waals surface area contributed by atoms with E-state index in [1.807, 2.05) is 6.07 Å². The molecular weight excluding hydrogens is 353 g/mol. The molecule has 5 nitrogen and oxygen atoms in total. The summed E-state index contributed by atoms with van der Waals surface area (Å²) >= 11 is 1.41. The molecule has 0 aliphatic carbocycles. The summed E-state index contributed by atoms with van der Waals surface area (Å²) in [5.74, 6) is -0.275. The van der Waals surface area contributed by atoms with Gasteiger partial charge in [-0.25, -0.2) is 9.37 Å². The van der Waals surface area contributed by atoms with Crippen molar-refractivity contribution in [2.24, 2.45) is 0 Å². The fourth-order valence-electron chi connectivity index (χ4n) is 3.50. The maximum absolute atomic E-state index is 13.1. The standard InChI is InChI=1S/C19H20FN3O2S/c20-14-3-1-13(2-4-14)17-11-16-18(26-17)19(25)23(12-21-16)15-5-7-22(8-6-15)9-10-24/h1-4,11-12,15,24H,5-10H2. The normalized spacial score (nSPS) is 16.4. The van der Waals surface area contributed by atoms with E-state index in [1.165, 1.54) is 23.5 Å². The van der Waals surface area contributed by atoms with E-state index in [1.54, 1.807) is 23.0 Å². The van der Waals surface area contributed by atoms with Gasteiger partial charge in [-0.3, -0.25) is 9.36 Å². The summed E-state index contributed by atoms with van der Waals surface area (Å²) in [5.41, 5.74) is 1.57. The van der Waals surface area contributed by atoms with Crippen LogP contribution in [0, 0.1) is 5.82 Å². The monoisotopic (exact) mass is 373 g/mol. The summed E-state index contributed by atoms with van der Waals surface area (Å²) in [6.07, 6.45) is 3.41. The van der Waals surface area contributed by atoms with Crippen molar-refractivity contribution in [2.75, 3.05) is 26.2 Å². The number of hydrogen-bond acceptors (Lipinski definition) is 5. The van der Waals surface area contributed by atoms with Crippen molar-refractivity contribution in [3.05, 3.63) is 52.8 Å². The zero-order chi connectivity index (χ0) is 18.1. The average molecular weight is 373 g/mol. The van der Waals surface area contributed by atoms with Crippen LogP contribution in [-0.2, 0) is 0 Å². The molecule has 4 rings (SSSR count). The van der Waals surface area contributed by atoms with Gasteiger partial charge in [0.25, 0.3) is 5.56 Å². The number of likely N-dealkylation sites (tertiary alicyclic amines) is 1. The fourth-order valence-corrected chi connectivity index (χ4v) is 4.56. The average Bonchev–Trinajstić information content (AvgIpc) is 3.09. The van der Waals surface area contributed by atoms with Gasteiger partial charge >= 0.3 is 0 Å². The van der Waals surface area contributed by atoms with Gasteiger partial charge in [0.1, 0.15) is 10.5 Å². The molecule has 1 fully saturated rings. The van der Waals surface area contributed by atoms with Crippen LogP contribution in [0.1, 0.15) is 18.9 Å². The van der Waals surface area contributed by atoms with Crippen molar-refractivity contribution in [3.8, 4) is 10.4 Å². The van der Waals surface area contributed by atoms with E-state index in [-0.39, 0.29) is 24.0 Å². The van der Waals surface area contributed by atoms with Gasteiger partial charge in [-0.2, -0.15) is 0 Å². The number of nitrogens with zero attached hydrogens (tertiary/aromatic N) is 3. The number of β-amino-alcohol motifs (C(OH)–C–C–N with tert-alkyl or cyclic N) is 1. The highest BCUT2D eigenvalue weighted by Gasteiger charge is 2.22. The highest BCUT2D eigenvalue weighted by Crippen LogP contribution is 2.31. The molecule has 1 aliphatic heterocycles. The smallest absolute Gasteiger partial charge is 0.271 e. The Bertz CT molecular complexity index is 959. The Labute approximate surface area is 154 Å². The van der Waals surface area contributed by atoms with E-state index in [0.29, 0.717) is 16.8 Å². The number of piperidine rings is 1. The van der Waals surface area contributed by atoms with Crippen molar-refractivity contribution < 1.29 is 9.50 Å². The molecule has 0 radical (unpaired) electrons. The summed E-state index contributed by atoms with van der Waals surface area (Å²) in [6, 6.07) is 8.32. The summed E-state index contributed by atoms with van der Waals surface area (Å²) in [6.45, 7) is 2.60. The minimum atomic E-state index is -0.275. The third-order valence-electron chi connectivity index (χ3n) is 4.96. The maximum Gasteiger partial charge on any atom is 0.271 e. The van der Waals surface area contributed by atoms with Gasteiger partial charge in [0.15, 0.2) is 0 Å². The second kappa shape index (κ2) is 7.26. The van der Waals surface area contributed by atoms with Gasteiger partial charge < -0.3 is 10.0 Å². The number of hydrogen-bond donors (Lipinski definition) is 1. The van der Waals surface area contributed by atoms with Crippen LogP contribution in [0.15, 0.2) is 41.5 Å². The minimum absolute atomic E-state index is 0.00558. The quantitative estimate of drug-likeness (QED) is 0.764. The molecule has 0 spiro atoms. The van der Waals surface area contributed by atoms with Gasteiger partial charge in [-0.05, 0) is 36.6 Å². The molecule has 0 unspecified atom stereocenters. The Morgan fingerprint density at radius 1 is 1.23 bits per heavy atom. The molecular formula is C19H20FN3O2S. The lowest BCUT2D eigenvalue weighted by Gasteiger charge is -2.32. The molecule has 1 aliphatic rings. The van der Waals surface area contributed by atoms with Gasteiger partial charge in [-0.1, -0.05) is 12.1 Å². The van der Waals surface area contributed by atoms with E-state index >= 15 is 0 Å². The summed E-state index contributed by atoms with van der Waals surface area (Å²) in [5, 5.41) is 9.05. The lowest BCUT2D eigenvalue weighted by atomic mass is 10.0. The maximum atomic E-state index is 13.1. The molecule has 0 bridgehead atoms. The number of aromatic nitrogens is 2. The molecule has 3 aromatic rings. The molecule has 1 N–H and O–H groups in total. The molecule has 136 valence electrons. The molecule has 0 amide bonds. The van der Waals surface area contributed by atoms with Gasteiger partial charge in [-0.15, -0.1) is 11.3 Å². The highest BCUT2D eigenvalue weighted by molar-refractivity contribution is 7.22. The molecule has 7 heteroatoms. The second-order valence-corrected chi connectivity index (χ2v) is 7.64. The number of thiophene rings is 1.